The molecule has 0 bridgehead atoms. The summed E-state index contributed by atoms with van der Waals surface area (Å²) in [5.41, 5.74) is 2.65. The maximum atomic E-state index is 11.0. The first-order valence-corrected chi connectivity index (χ1v) is 4.88. The zero-order chi connectivity index (χ0) is 8.97. The van der Waals surface area contributed by atoms with Crippen LogP contribution in [0.3, 0.4) is 0 Å². The number of aromatic nitrogens is 1. The molecule has 0 saturated carbocycles. The first-order chi connectivity index (χ1) is 5.74. The molecule has 0 aliphatic heterocycles. The van der Waals surface area contributed by atoms with Gasteiger partial charge in [-0.3, -0.25) is 4.79 Å². The van der Waals surface area contributed by atoms with Crippen molar-refractivity contribution in [1.29, 1.82) is 0 Å². The largest absolute Gasteiger partial charge is 0.339 e. The summed E-state index contributed by atoms with van der Waals surface area (Å²) in [5, 5.41) is 1.91. The maximum Gasteiger partial charge on any atom is 0.237 e. The van der Waals surface area contributed by atoms with E-state index in [4.69, 9.17) is 11.6 Å². The number of hydrogen-bond acceptors (Lipinski definition) is 3. The summed E-state index contributed by atoms with van der Waals surface area (Å²) in [4.78, 5) is 16.6. The summed E-state index contributed by atoms with van der Waals surface area (Å²) in [6, 6.07) is 0. The summed E-state index contributed by atoms with van der Waals surface area (Å²) >= 11 is 6.90. The van der Waals surface area contributed by atoms with E-state index in [0.29, 0.717) is 6.54 Å². The van der Waals surface area contributed by atoms with E-state index in [9.17, 15) is 4.79 Å². The zero-order valence-corrected chi connectivity index (χ0v) is 8.23. The predicted molar refractivity (Wildman–Crippen MR) is 49.3 cm³/mol. The quantitative estimate of drug-likeness (QED) is 0.697. The Morgan fingerprint density at radius 2 is 2.58 bits per heavy atom. The minimum atomic E-state index is -0.0790. The molecule has 0 unspecified atom stereocenters. The Kier molecular flexibility index (Phi) is 3.49. The zero-order valence-electron chi connectivity index (χ0n) is 6.66. The van der Waals surface area contributed by atoms with Gasteiger partial charge in [-0.05, 0) is 0 Å². The van der Waals surface area contributed by atoms with Crippen LogP contribution in [0.5, 0.6) is 0 Å². The molecule has 0 radical (unpaired) electrons. The second-order valence-corrected chi connectivity index (χ2v) is 3.35. The summed E-state index contributed by atoms with van der Waals surface area (Å²) in [6.45, 7) is 0.537. The second kappa shape index (κ2) is 4.42. The van der Waals surface area contributed by atoms with Crippen LogP contribution < -0.4 is 0 Å². The average Bonchev–Trinajstić information content (AvgIpc) is 2.55. The number of thiazole rings is 1. The van der Waals surface area contributed by atoms with Gasteiger partial charge in [-0.1, -0.05) is 0 Å². The lowest BCUT2D eigenvalue weighted by molar-refractivity contribution is -0.127. The van der Waals surface area contributed by atoms with Crippen LogP contribution in [0.2, 0.25) is 0 Å². The standard InChI is InChI=1S/C7H9ClN2OS/c1-10(7(11)2-8)3-6-4-12-5-9-6/h4-5H,2-3H2,1H3. The molecule has 0 spiro atoms. The van der Waals surface area contributed by atoms with Crippen LogP contribution in [0, 0.1) is 0 Å². The lowest BCUT2D eigenvalue weighted by Gasteiger charge is -2.13. The van der Waals surface area contributed by atoms with Crippen LogP contribution in [0.4, 0.5) is 0 Å². The van der Waals surface area contributed by atoms with Crippen molar-refractivity contribution in [3.63, 3.8) is 0 Å². The highest BCUT2D eigenvalue weighted by atomic mass is 35.5. The van der Waals surface area contributed by atoms with E-state index in [0.717, 1.165) is 5.69 Å². The molecule has 1 aromatic heterocycles. The van der Waals surface area contributed by atoms with Crippen LogP contribution in [-0.2, 0) is 11.3 Å². The van der Waals surface area contributed by atoms with Crippen molar-refractivity contribution >= 4 is 28.8 Å². The van der Waals surface area contributed by atoms with E-state index >= 15 is 0 Å². The Bertz CT molecular complexity index is 250. The number of alkyl halides is 1. The number of nitrogens with zero attached hydrogens (tertiary/aromatic N) is 2. The molecule has 1 amide bonds. The van der Waals surface area contributed by atoms with E-state index < -0.39 is 0 Å². The maximum absolute atomic E-state index is 11.0. The lowest BCUT2D eigenvalue weighted by Crippen LogP contribution is -2.27. The third-order valence-corrected chi connectivity index (χ3v) is 2.29. The fourth-order valence-corrected chi connectivity index (χ4v) is 1.50. The monoisotopic (exact) mass is 204 g/mol. The van der Waals surface area contributed by atoms with Crippen LogP contribution in [0.15, 0.2) is 10.9 Å². The van der Waals surface area contributed by atoms with E-state index in [1.807, 2.05) is 5.38 Å². The van der Waals surface area contributed by atoms with Gasteiger partial charge < -0.3 is 4.90 Å². The van der Waals surface area contributed by atoms with Crippen LogP contribution >= 0.6 is 22.9 Å². The van der Waals surface area contributed by atoms with Gasteiger partial charge in [0.05, 0.1) is 17.7 Å². The van der Waals surface area contributed by atoms with Crippen molar-refractivity contribution in [2.75, 3.05) is 12.9 Å². The average molecular weight is 205 g/mol. The van der Waals surface area contributed by atoms with Gasteiger partial charge in [0.25, 0.3) is 0 Å². The van der Waals surface area contributed by atoms with Crippen LogP contribution in [-0.4, -0.2) is 28.7 Å². The Balaban J connectivity index is 2.47. The highest BCUT2D eigenvalue weighted by Gasteiger charge is 2.07. The van der Waals surface area contributed by atoms with Gasteiger partial charge in [0.15, 0.2) is 0 Å². The highest BCUT2D eigenvalue weighted by molar-refractivity contribution is 7.07. The molecular weight excluding hydrogens is 196 g/mol. The summed E-state index contributed by atoms with van der Waals surface area (Å²) < 4.78 is 0. The van der Waals surface area contributed by atoms with Crippen molar-refractivity contribution in [3.8, 4) is 0 Å². The molecule has 0 N–H and O–H groups in total. The van der Waals surface area contributed by atoms with Crippen molar-refractivity contribution in [2.45, 2.75) is 6.54 Å². The SMILES string of the molecule is CN(Cc1cscn1)C(=O)CCl. The fourth-order valence-electron chi connectivity index (χ4n) is 0.749. The first kappa shape index (κ1) is 9.48. The molecule has 0 saturated heterocycles. The van der Waals surface area contributed by atoms with E-state index in [2.05, 4.69) is 4.98 Å². The number of rotatable bonds is 3. The smallest absolute Gasteiger partial charge is 0.237 e. The van der Waals surface area contributed by atoms with Gasteiger partial charge in [-0.2, -0.15) is 0 Å². The number of carbonyl (C=O) groups excluding carboxylic acids is 1. The molecule has 1 heterocycles. The number of amides is 1. The van der Waals surface area contributed by atoms with Gasteiger partial charge in [-0.25, -0.2) is 4.98 Å². The van der Waals surface area contributed by atoms with E-state index in [-0.39, 0.29) is 11.8 Å². The van der Waals surface area contributed by atoms with E-state index in [1.54, 1.807) is 17.5 Å². The van der Waals surface area contributed by atoms with Crippen LogP contribution in [0.1, 0.15) is 5.69 Å². The van der Waals surface area contributed by atoms with Crippen LogP contribution in [0.25, 0.3) is 0 Å². The molecule has 12 heavy (non-hydrogen) atoms. The van der Waals surface area contributed by atoms with Gasteiger partial charge in [0.1, 0.15) is 5.88 Å². The normalized spacial score (nSPS) is 9.83. The lowest BCUT2D eigenvalue weighted by atomic mass is 10.4. The molecule has 0 aliphatic carbocycles. The Morgan fingerprint density at radius 3 is 3.08 bits per heavy atom. The molecular formula is C7H9ClN2OS. The minimum Gasteiger partial charge on any atom is -0.339 e. The molecule has 66 valence electrons. The van der Waals surface area contributed by atoms with Gasteiger partial charge >= 0.3 is 0 Å². The van der Waals surface area contributed by atoms with Crippen molar-refractivity contribution in [3.05, 3.63) is 16.6 Å². The summed E-state index contributed by atoms with van der Waals surface area (Å²) in [5.74, 6) is -0.0506. The molecule has 0 fully saturated rings. The Labute approximate surface area is 80.0 Å². The van der Waals surface area contributed by atoms with E-state index in [1.165, 1.54) is 11.3 Å². The highest BCUT2D eigenvalue weighted by Crippen LogP contribution is 2.04. The Morgan fingerprint density at radius 1 is 1.83 bits per heavy atom. The first-order valence-electron chi connectivity index (χ1n) is 3.41. The number of halogens is 1. The molecule has 1 aromatic rings. The van der Waals surface area contributed by atoms with Gasteiger partial charge in [0, 0.05) is 12.4 Å². The third-order valence-electron chi connectivity index (χ3n) is 1.42. The summed E-state index contributed by atoms with van der Waals surface area (Å²) in [6.07, 6.45) is 0. The topological polar surface area (TPSA) is 33.2 Å². The molecule has 0 aromatic carbocycles. The van der Waals surface area contributed by atoms with Crippen molar-refractivity contribution in [2.24, 2.45) is 0 Å². The molecule has 0 atom stereocenters. The third kappa shape index (κ3) is 2.46. The van der Waals surface area contributed by atoms with Gasteiger partial charge in [0.2, 0.25) is 5.91 Å². The molecule has 1 rings (SSSR count). The van der Waals surface area contributed by atoms with Crippen molar-refractivity contribution < 1.29 is 4.79 Å². The number of carbonyl (C=O) groups is 1. The molecule has 5 heteroatoms. The fraction of sp³-hybridized carbons (Fsp3) is 0.429. The van der Waals surface area contributed by atoms with Crippen molar-refractivity contribution in [1.82, 2.24) is 9.88 Å². The number of hydrogen-bond donors (Lipinski definition) is 0. The Hall–Kier alpha value is -0.610. The summed E-state index contributed by atoms with van der Waals surface area (Å²) in [7, 11) is 1.71. The second-order valence-electron chi connectivity index (χ2n) is 2.36. The molecule has 0 aliphatic rings. The van der Waals surface area contributed by atoms with Gasteiger partial charge in [-0.15, -0.1) is 22.9 Å². The molecule has 3 nitrogen and oxygen atoms in total. The predicted octanol–water partition coefficient (Wildman–Crippen LogP) is 1.34. The minimum absolute atomic E-state index is 0.0284.